The van der Waals surface area contributed by atoms with Gasteiger partial charge in [0, 0.05) is 43.3 Å². The molecule has 2 aromatic carbocycles. The Morgan fingerprint density at radius 1 is 1.14 bits per heavy atom. The highest BCUT2D eigenvalue weighted by Crippen LogP contribution is 2.23. The van der Waals surface area contributed by atoms with Crippen molar-refractivity contribution in [2.24, 2.45) is 7.05 Å². The summed E-state index contributed by atoms with van der Waals surface area (Å²) >= 11 is 0. The van der Waals surface area contributed by atoms with Crippen molar-refractivity contribution in [3.63, 3.8) is 0 Å². The van der Waals surface area contributed by atoms with E-state index in [1.807, 2.05) is 67.8 Å². The van der Waals surface area contributed by atoms with E-state index in [1.165, 1.54) is 0 Å². The van der Waals surface area contributed by atoms with Crippen LogP contribution in [0.2, 0.25) is 0 Å². The highest BCUT2D eigenvalue weighted by atomic mass is 16.5. The van der Waals surface area contributed by atoms with Crippen LogP contribution in [0.5, 0.6) is 5.75 Å². The molecule has 0 bridgehead atoms. The van der Waals surface area contributed by atoms with Gasteiger partial charge < -0.3 is 14.6 Å². The minimum atomic E-state index is -0.0299. The number of rotatable bonds is 7. The molecular formula is C22H22N4O2. The number of ether oxygens (including phenoxy) is 1. The van der Waals surface area contributed by atoms with Crippen molar-refractivity contribution in [2.45, 2.75) is 19.6 Å². The first kappa shape index (κ1) is 17.9. The summed E-state index contributed by atoms with van der Waals surface area (Å²) in [6.45, 7) is 1.15. The van der Waals surface area contributed by atoms with E-state index in [0.717, 1.165) is 22.2 Å². The molecule has 4 rings (SSSR count). The number of hydrogen-bond donors (Lipinski definition) is 1. The lowest BCUT2D eigenvalue weighted by atomic mass is 10.2. The average Bonchev–Trinajstić information content (AvgIpc) is 3.31. The van der Waals surface area contributed by atoms with Gasteiger partial charge in [0.25, 0.3) is 0 Å². The van der Waals surface area contributed by atoms with E-state index in [2.05, 4.69) is 15.0 Å². The standard InChI is InChI=1S/C22H22N4O2/c1-25-15-19(14-23-25)24-22(27)10-12-26-11-9-18-13-20(7-8-21(18)26)28-16-17-5-3-2-4-6-17/h2-9,11,13-15H,10,12,16H2,1H3,(H,24,27). The van der Waals surface area contributed by atoms with Crippen LogP contribution in [0, 0.1) is 0 Å². The molecule has 2 aromatic heterocycles. The molecule has 4 aromatic rings. The number of benzene rings is 2. The van der Waals surface area contributed by atoms with E-state index in [9.17, 15) is 4.79 Å². The summed E-state index contributed by atoms with van der Waals surface area (Å²) in [4.78, 5) is 12.1. The second kappa shape index (κ2) is 8.00. The molecular weight excluding hydrogens is 352 g/mol. The summed E-state index contributed by atoms with van der Waals surface area (Å²) in [5, 5.41) is 8.00. The van der Waals surface area contributed by atoms with E-state index in [1.54, 1.807) is 17.1 Å². The Balaban J connectivity index is 1.36. The zero-order valence-corrected chi connectivity index (χ0v) is 15.7. The average molecular weight is 374 g/mol. The van der Waals surface area contributed by atoms with Crippen LogP contribution in [0.4, 0.5) is 5.69 Å². The fourth-order valence-electron chi connectivity index (χ4n) is 3.14. The molecule has 0 fully saturated rings. The number of fused-ring (bicyclic) bond motifs is 1. The van der Waals surface area contributed by atoms with Crippen molar-refractivity contribution in [1.29, 1.82) is 0 Å². The molecule has 0 unspecified atom stereocenters. The zero-order chi connectivity index (χ0) is 19.3. The van der Waals surface area contributed by atoms with Crippen molar-refractivity contribution in [3.05, 3.63) is 78.8 Å². The Bertz CT molecular complexity index is 1080. The smallest absolute Gasteiger partial charge is 0.226 e. The van der Waals surface area contributed by atoms with Crippen molar-refractivity contribution in [1.82, 2.24) is 14.3 Å². The third-order valence-electron chi connectivity index (χ3n) is 4.56. The lowest BCUT2D eigenvalue weighted by molar-refractivity contribution is -0.116. The number of carbonyl (C=O) groups is 1. The molecule has 6 nitrogen and oxygen atoms in total. The van der Waals surface area contributed by atoms with Crippen molar-refractivity contribution in [2.75, 3.05) is 5.32 Å². The van der Waals surface area contributed by atoms with Gasteiger partial charge in [-0.1, -0.05) is 30.3 Å². The summed E-state index contributed by atoms with van der Waals surface area (Å²) < 4.78 is 9.64. The minimum absolute atomic E-state index is 0.0299. The maximum Gasteiger partial charge on any atom is 0.226 e. The van der Waals surface area contributed by atoms with E-state index < -0.39 is 0 Å². The van der Waals surface area contributed by atoms with Gasteiger partial charge in [0.15, 0.2) is 0 Å². The summed E-state index contributed by atoms with van der Waals surface area (Å²) in [6, 6.07) is 18.2. The van der Waals surface area contributed by atoms with Crippen LogP contribution >= 0.6 is 0 Å². The van der Waals surface area contributed by atoms with Gasteiger partial charge >= 0.3 is 0 Å². The number of anilines is 1. The highest BCUT2D eigenvalue weighted by molar-refractivity contribution is 5.90. The van der Waals surface area contributed by atoms with E-state index in [4.69, 9.17) is 4.74 Å². The van der Waals surface area contributed by atoms with Gasteiger partial charge in [-0.05, 0) is 29.8 Å². The van der Waals surface area contributed by atoms with Crippen LogP contribution < -0.4 is 10.1 Å². The lowest BCUT2D eigenvalue weighted by Crippen LogP contribution is -2.13. The van der Waals surface area contributed by atoms with Gasteiger partial charge in [0.2, 0.25) is 5.91 Å². The first-order valence-electron chi connectivity index (χ1n) is 9.21. The van der Waals surface area contributed by atoms with Crippen LogP contribution in [0.3, 0.4) is 0 Å². The SMILES string of the molecule is Cn1cc(NC(=O)CCn2ccc3cc(OCc4ccccc4)ccc32)cn1. The molecule has 142 valence electrons. The minimum Gasteiger partial charge on any atom is -0.489 e. The zero-order valence-electron chi connectivity index (χ0n) is 15.7. The van der Waals surface area contributed by atoms with Gasteiger partial charge in [0.05, 0.1) is 11.9 Å². The Morgan fingerprint density at radius 2 is 2.00 bits per heavy atom. The fourth-order valence-corrected chi connectivity index (χ4v) is 3.14. The van der Waals surface area contributed by atoms with Crippen LogP contribution in [0.15, 0.2) is 73.2 Å². The molecule has 0 radical (unpaired) electrons. The van der Waals surface area contributed by atoms with Crippen LogP contribution in [-0.4, -0.2) is 20.3 Å². The van der Waals surface area contributed by atoms with Crippen molar-refractivity contribution in [3.8, 4) is 5.75 Å². The van der Waals surface area contributed by atoms with E-state index >= 15 is 0 Å². The molecule has 0 aliphatic heterocycles. The van der Waals surface area contributed by atoms with E-state index in [0.29, 0.717) is 25.3 Å². The maximum absolute atomic E-state index is 12.1. The quantitative estimate of drug-likeness (QED) is 0.532. The molecule has 0 saturated heterocycles. The van der Waals surface area contributed by atoms with Crippen LogP contribution in [0.1, 0.15) is 12.0 Å². The number of aryl methyl sites for hydroxylation is 2. The van der Waals surface area contributed by atoms with Gasteiger partial charge in [0.1, 0.15) is 12.4 Å². The Labute approximate surface area is 163 Å². The molecule has 0 atom stereocenters. The molecule has 28 heavy (non-hydrogen) atoms. The summed E-state index contributed by atoms with van der Waals surface area (Å²) in [7, 11) is 1.82. The number of carbonyl (C=O) groups excluding carboxylic acids is 1. The molecule has 1 N–H and O–H groups in total. The van der Waals surface area contributed by atoms with E-state index in [-0.39, 0.29) is 5.91 Å². The largest absolute Gasteiger partial charge is 0.489 e. The third-order valence-corrected chi connectivity index (χ3v) is 4.56. The summed E-state index contributed by atoms with van der Waals surface area (Å²) in [5.41, 5.74) is 2.94. The molecule has 0 saturated carbocycles. The van der Waals surface area contributed by atoms with Gasteiger partial charge in [-0.15, -0.1) is 0 Å². The number of aromatic nitrogens is 3. The van der Waals surface area contributed by atoms with Crippen molar-refractivity contribution < 1.29 is 9.53 Å². The lowest BCUT2D eigenvalue weighted by Gasteiger charge is -2.08. The number of amides is 1. The number of nitrogens with zero attached hydrogens (tertiary/aromatic N) is 3. The van der Waals surface area contributed by atoms with Gasteiger partial charge in [-0.2, -0.15) is 5.10 Å². The number of nitrogens with one attached hydrogen (secondary N) is 1. The normalized spacial score (nSPS) is 10.9. The summed E-state index contributed by atoms with van der Waals surface area (Å²) in [5.74, 6) is 0.807. The Kier molecular flexibility index (Phi) is 5.10. The predicted octanol–water partition coefficient (Wildman–Crippen LogP) is 3.98. The summed E-state index contributed by atoms with van der Waals surface area (Å²) in [6.07, 6.45) is 5.81. The monoisotopic (exact) mass is 374 g/mol. The topological polar surface area (TPSA) is 61.1 Å². The fraction of sp³-hybridized carbons (Fsp3) is 0.182. The Morgan fingerprint density at radius 3 is 2.79 bits per heavy atom. The molecule has 6 heteroatoms. The molecule has 0 spiro atoms. The second-order valence-corrected chi connectivity index (χ2v) is 6.70. The maximum atomic E-state index is 12.1. The molecule has 0 aliphatic carbocycles. The third kappa shape index (κ3) is 4.23. The first-order chi connectivity index (χ1) is 13.7. The number of hydrogen-bond acceptors (Lipinski definition) is 3. The van der Waals surface area contributed by atoms with Gasteiger partial charge in [-0.3, -0.25) is 9.48 Å². The van der Waals surface area contributed by atoms with Crippen LogP contribution in [0.25, 0.3) is 10.9 Å². The predicted molar refractivity (Wildman–Crippen MR) is 109 cm³/mol. The first-order valence-corrected chi connectivity index (χ1v) is 9.21. The second-order valence-electron chi connectivity index (χ2n) is 6.70. The van der Waals surface area contributed by atoms with Gasteiger partial charge in [-0.25, -0.2) is 0 Å². The highest BCUT2D eigenvalue weighted by Gasteiger charge is 2.07. The van der Waals surface area contributed by atoms with Crippen LogP contribution in [-0.2, 0) is 25.0 Å². The van der Waals surface area contributed by atoms with Crippen molar-refractivity contribution >= 4 is 22.5 Å². The molecule has 2 heterocycles. The molecule has 1 amide bonds. The molecule has 0 aliphatic rings. The Hall–Kier alpha value is -3.54.